The molecule has 1 N–H and O–H groups in total. The van der Waals surface area contributed by atoms with Crippen LogP contribution in [0.3, 0.4) is 0 Å². The number of aromatic nitrogens is 1. The van der Waals surface area contributed by atoms with Gasteiger partial charge in [0.1, 0.15) is 0 Å². The van der Waals surface area contributed by atoms with Gasteiger partial charge in [-0.15, -0.1) is 0 Å². The average Bonchev–Trinajstić information content (AvgIpc) is 2.68. The fourth-order valence-corrected chi connectivity index (χ4v) is 3.79. The van der Waals surface area contributed by atoms with Gasteiger partial charge in [-0.25, -0.2) is 0 Å². The van der Waals surface area contributed by atoms with Crippen molar-refractivity contribution in [1.29, 1.82) is 0 Å². The Kier molecular flexibility index (Phi) is 3.96. The highest BCUT2D eigenvalue weighted by Crippen LogP contribution is 2.31. The molecule has 3 aromatic rings. The fraction of sp³-hybridized carbons (Fsp3) is 0.286. The Morgan fingerprint density at radius 1 is 0.920 bits per heavy atom. The van der Waals surface area contributed by atoms with E-state index in [2.05, 4.69) is 17.0 Å². The largest absolute Gasteiger partial charge is 0.503 e. The van der Waals surface area contributed by atoms with Gasteiger partial charge in [-0.05, 0) is 43.5 Å². The number of aryl methyl sites for hydroxylation is 1. The highest BCUT2D eigenvalue weighted by atomic mass is 16.3. The van der Waals surface area contributed by atoms with E-state index in [0.717, 1.165) is 24.2 Å². The lowest BCUT2D eigenvalue weighted by Crippen LogP contribution is -2.29. The van der Waals surface area contributed by atoms with E-state index in [1.807, 2.05) is 41.9 Å². The molecule has 0 saturated carbocycles. The first-order valence-corrected chi connectivity index (χ1v) is 8.83. The summed E-state index contributed by atoms with van der Waals surface area (Å²) < 4.78 is 1.89. The Labute approximate surface area is 146 Å². The number of para-hydroxylation sites is 1. The summed E-state index contributed by atoms with van der Waals surface area (Å²) >= 11 is 0. The number of rotatable bonds is 2. The quantitative estimate of drug-likeness (QED) is 0.773. The van der Waals surface area contributed by atoms with Crippen LogP contribution in [0.25, 0.3) is 22.2 Å². The molecule has 0 unspecified atom stereocenters. The molecule has 0 bridgehead atoms. The Hall–Kier alpha value is -2.75. The summed E-state index contributed by atoms with van der Waals surface area (Å²) in [6.07, 6.45) is 3.78. The third kappa shape index (κ3) is 2.68. The predicted octanol–water partition coefficient (Wildman–Crippen LogP) is 3.90. The fourth-order valence-electron chi connectivity index (χ4n) is 3.79. The van der Waals surface area contributed by atoms with Crippen LogP contribution in [0.5, 0.6) is 5.75 Å². The molecule has 1 aromatic heterocycles. The molecule has 25 heavy (non-hydrogen) atoms. The summed E-state index contributed by atoms with van der Waals surface area (Å²) in [4.78, 5) is 14.9. The van der Waals surface area contributed by atoms with Crippen LogP contribution in [0.4, 0.5) is 5.69 Å². The summed E-state index contributed by atoms with van der Waals surface area (Å²) in [7, 11) is 1.88. The minimum atomic E-state index is -0.316. The van der Waals surface area contributed by atoms with Crippen molar-refractivity contribution < 1.29 is 5.11 Å². The first-order valence-electron chi connectivity index (χ1n) is 8.83. The van der Waals surface area contributed by atoms with Gasteiger partial charge in [0.05, 0.1) is 11.2 Å². The van der Waals surface area contributed by atoms with Gasteiger partial charge in [0.25, 0.3) is 0 Å². The molecule has 0 amide bonds. The Bertz CT molecular complexity index is 968. The van der Waals surface area contributed by atoms with Gasteiger partial charge in [0, 0.05) is 36.8 Å². The summed E-state index contributed by atoms with van der Waals surface area (Å²) in [6, 6.07) is 15.5. The van der Waals surface area contributed by atoms with E-state index in [4.69, 9.17) is 0 Å². The molecule has 1 saturated heterocycles. The van der Waals surface area contributed by atoms with E-state index < -0.39 is 0 Å². The number of piperidine rings is 1. The monoisotopic (exact) mass is 334 g/mol. The van der Waals surface area contributed by atoms with E-state index in [1.54, 1.807) is 6.07 Å². The average molecular weight is 334 g/mol. The highest BCUT2D eigenvalue weighted by Gasteiger charge is 2.16. The number of pyridine rings is 1. The molecule has 4 nitrogen and oxygen atoms in total. The summed E-state index contributed by atoms with van der Waals surface area (Å²) in [5, 5.41) is 11.0. The number of anilines is 1. The van der Waals surface area contributed by atoms with Crippen LogP contribution >= 0.6 is 0 Å². The third-order valence-corrected chi connectivity index (χ3v) is 5.15. The highest BCUT2D eigenvalue weighted by molar-refractivity contribution is 5.85. The molecular formula is C21H22N2O2. The van der Waals surface area contributed by atoms with Crippen LogP contribution in [0.1, 0.15) is 19.3 Å². The first kappa shape index (κ1) is 15.8. The van der Waals surface area contributed by atoms with Crippen molar-refractivity contribution in [3.63, 3.8) is 0 Å². The van der Waals surface area contributed by atoms with Crippen molar-refractivity contribution in [2.24, 2.45) is 7.05 Å². The number of benzene rings is 2. The van der Waals surface area contributed by atoms with Crippen molar-refractivity contribution in [3.8, 4) is 17.0 Å². The lowest BCUT2D eigenvalue weighted by atomic mass is 10.1. The third-order valence-electron chi connectivity index (χ3n) is 5.15. The van der Waals surface area contributed by atoms with Gasteiger partial charge in [-0.1, -0.05) is 24.3 Å². The van der Waals surface area contributed by atoms with E-state index in [1.165, 1.54) is 24.9 Å². The smallest absolute Gasteiger partial charge is 0.231 e. The van der Waals surface area contributed by atoms with Gasteiger partial charge in [0.15, 0.2) is 5.75 Å². The van der Waals surface area contributed by atoms with Gasteiger partial charge >= 0.3 is 0 Å². The molecule has 1 aliphatic heterocycles. The molecule has 2 heterocycles. The molecule has 4 rings (SSSR count). The van der Waals surface area contributed by atoms with Crippen molar-refractivity contribution in [1.82, 2.24) is 4.57 Å². The lowest BCUT2D eigenvalue weighted by molar-refractivity contribution is 0.468. The van der Waals surface area contributed by atoms with Gasteiger partial charge < -0.3 is 14.6 Å². The maximum atomic E-state index is 12.5. The van der Waals surface area contributed by atoms with Crippen LogP contribution in [0.15, 0.2) is 53.3 Å². The van der Waals surface area contributed by atoms with Crippen molar-refractivity contribution >= 4 is 16.6 Å². The number of nitrogens with zero attached hydrogens (tertiary/aromatic N) is 2. The molecule has 0 radical (unpaired) electrons. The maximum Gasteiger partial charge on any atom is 0.231 e. The second kappa shape index (κ2) is 6.28. The van der Waals surface area contributed by atoms with Crippen LogP contribution in [0, 0.1) is 0 Å². The van der Waals surface area contributed by atoms with Gasteiger partial charge in [-0.3, -0.25) is 4.79 Å². The minimum absolute atomic E-state index is 0.188. The predicted molar refractivity (Wildman–Crippen MR) is 102 cm³/mol. The second-order valence-electron chi connectivity index (χ2n) is 6.70. The molecule has 0 atom stereocenters. The summed E-state index contributed by atoms with van der Waals surface area (Å²) in [5.41, 5.74) is 3.12. The zero-order valence-corrected chi connectivity index (χ0v) is 14.4. The van der Waals surface area contributed by atoms with Crippen molar-refractivity contribution in [2.45, 2.75) is 19.3 Å². The molecule has 2 aromatic carbocycles. The zero-order valence-electron chi connectivity index (χ0n) is 14.4. The van der Waals surface area contributed by atoms with Crippen LogP contribution in [-0.4, -0.2) is 22.8 Å². The van der Waals surface area contributed by atoms with E-state index in [-0.39, 0.29) is 11.2 Å². The van der Waals surface area contributed by atoms with Gasteiger partial charge in [0.2, 0.25) is 5.43 Å². The van der Waals surface area contributed by atoms with Crippen molar-refractivity contribution in [3.05, 3.63) is 58.8 Å². The minimum Gasteiger partial charge on any atom is -0.503 e. The number of fused-ring (bicyclic) bond motifs is 1. The van der Waals surface area contributed by atoms with Crippen molar-refractivity contribution in [2.75, 3.05) is 18.0 Å². The van der Waals surface area contributed by atoms with E-state index >= 15 is 0 Å². The standard InChI is InChI=1S/C21H22N2O2/c1-22-18-8-4-3-7-17(18)20(24)21(25)19(22)15-9-11-16(12-10-15)23-13-5-2-6-14-23/h3-4,7-12,25H,2,5-6,13-14H2,1H3. The number of hydrogen-bond acceptors (Lipinski definition) is 3. The van der Waals surface area contributed by atoms with E-state index in [0.29, 0.717) is 11.1 Å². The molecule has 1 fully saturated rings. The molecular weight excluding hydrogens is 312 g/mol. The Balaban J connectivity index is 1.80. The Morgan fingerprint density at radius 2 is 1.60 bits per heavy atom. The number of hydrogen-bond donors (Lipinski definition) is 1. The Morgan fingerprint density at radius 3 is 2.32 bits per heavy atom. The first-order chi connectivity index (χ1) is 12.2. The summed E-state index contributed by atoms with van der Waals surface area (Å²) in [6.45, 7) is 2.19. The molecule has 4 heteroatoms. The maximum absolute atomic E-state index is 12.5. The van der Waals surface area contributed by atoms with Crippen LogP contribution < -0.4 is 10.3 Å². The zero-order chi connectivity index (χ0) is 17.4. The normalized spacial score (nSPS) is 14.8. The molecule has 0 aliphatic carbocycles. The second-order valence-corrected chi connectivity index (χ2v) is 6.70. The van der Waals surface area contributed by atoms with Crippen LogP contribution in [0.2, 0.25) is 0 Å². The van der Waals surface area contributed by atoms with E-state index in [9.17, 15) is 9.90 Å². The molecule has 128 valence electrons. The van der Waals surface area contributed by atoms with Gasteiger partial charge in [-0.2, -0.15) is 0 Å². The topological polar surface area (TPSA) is 45.5 Å². The molecule has 1 aliphatic rings. The summed E-state index contributed by atoms with van der Waals surface area (Å²) in [5.74, 6) is -0.188. The lowest BCUT2D eigenvalue weighted by Gasteiger charge is -2.29. The number of aromatic hydroxyl groups is 1. The van der Waals surface area contributed by atoms with Crippen LogP contribution in [-0.2, 0) is 7.05 Å². The SMILES string of the molecule is Cn1c(-c2ccc(N3CCCCC3)cc2)c(O)c(=O)c2ccccc21. The molecule has 0 spiro atoms.